The summed E-state index contributed by atoms with van der Waals surface area (Å²) >= 11 is 0. The number of carbonyl (C=O) groups is 2. The Labute approximate surface area is 94.7 Å². The summed E-state index contributed by atoms with van der Waals surface area (Å²) in [7, 11) is 0. The molecule has 0 radical (unpaired) electrons. The average Bonchev–Trinajstić information content (AvgIpc) is 2.74. The standard InChI is InChI=1S/C12H17NO3/c1-6(2)13-11(14)9-7-3-4-8(5-7)10(9)12(15)16/h3-4,6-10H,5H2,1-2H3,(H,13,14)(H,15,16)/t7-,8-,9+,10+/m0/s1. The van der Waals surface area contributed by atoms with Crippen molar-refractivity contribution in [1.82, 2.24) is 5.32 Å². The Balaban J connectivity index is 2.16. The van der Waals surface area contributed by atoms with Crippen molar-refractivity contribution in [2.45, 2.75) is 26.3 Å². The second-order valence-corrected chi connectivity index (χ2v) is 5.00. The summed E-state index contributed by atoms with van der Waals surface area (Å²) in [6, 6.07) is 0.0602. The van der Waals surface area contributed by atoms with Crippen LogP contribution in [0.25, 0.3) is 0 Å². The van der Waals surface area contributed by atoms with Crippen LogP contribution in [0.1, 0.15) is 20.3 Å². The van der Waals surface area contributed by atoms with Gasteiger partial charge in [0.05, 0.1) is 11.8 Å². The van der Waals surface area contributed by atoms with E-state index in [1.54, 1.807) is 0 Å². The van der Waals surface area contributed by atoms with Crippen LogP contribution in [0.2, 0.25) is 0 Å². The summed E-state index contributed by atoms with van der Waals surface area (Å²) in [6.45, 7) is 3.77. The van der Waals surface area contributed by atoms with Gasteiger partial charge in [-0.15, -0.1) is 0 Å². The molecule has 2 N–H and O–H groups in total. The highest BCUT2D eigenvalue weighted by Gasteiger charge is 2.51. The Kier molecular flexibility index (Phi) is 2.74. The maximum Gasteiger partial charge on any atom is 0.307 e. The molecule has 1 saturated carbocycles. The topological polar surface area (TPSA) is 66.4 Å². The lowest BCUT2D eigenvalue weighted by Gasteiger charge is -2.24. The molecule has 16 heavy (non-hydrogen) atoms. The quantitative estimate of drug-likeness (QED) is 0.702. The van der Waals surface area contributed by atoms with E-state index < -0.39 is 11.9 Å². The van der Waals surface area contributed by atoms with E-state index >= 15 is 0 Å². The highest BCUT2D eigenvalue weighted by Crippen LogP contribution is 2.48. The molecular weight excluding hydrogens is 206 g/mol. The first kappa shape index (κ1) is 11.2. The van der Waals surface area contributed by atoms with E-state index in [-0.39, 0.29) is 29.7 Å². The van der Waals surface area contributed by atoms with Gasteiger partial charge in [-0.2, -0.15) is 0 Å². The van der Waals surface area contributed by atoms with Gasteiger partial charge in [-0.1, -0.05) is 12.2 Å². The summed E-state index contributed by atoms with van der Waals surface area (Å²) < 4.78 is 0. The van der Waals surface area contributed by atoms with Crippen LogP contribution in [0, 0.1) is 23.7 Å². The summed E-state index contributed by atoms with van der Waals surface area (Å²) in [5.74, 6) is -1.71. The van der Waals surface area contributed by atoms with Gasteiger partial charge in [0.25, 0.3) is 0 Å². The number of hydrogen-bond acceptors (Lipinski definition) is 2. The van der Waals surface area contributed by atoms with Crippen molar-refractivity contribution in [1.29, 1.82) is 0 Å². The number of carbonyl (C=O) groups excluding carboxylic acids is 1. The van der Waals surface area contributed by atoms with Crippen LogP contribution >= 0.6 is 0 Å². The van der Waals surface area contributed by atoms with Crippen molar-refractivity contribution in [3.8, 4) is 0 Å². The summed E-state index contributed by atoms with van der Waals surface area (Å²) in [4.78, 5) is 23.1. The fourth-order valence-electron chi connectivity index (χ4n) is 2.90. The molecule has 0 saturated heterocycles. The first-order valence-electron chi connectivity index (χ1n) is 5.72. The molecule has 0 aromatic rings. The highest BCUT2D eigenvalue weighted by atomic mass is 16.4. The minimum Gasteiger partial charge on any atom is -0.481 e. The Morgan fingerprint density at radius 3 is 2.31 bits per heavy atom. The molecule has 1 fully saturated rings. The van der Waals surface area contributed by atoms with Crippen molar-refractivity contribution < 1.29 is 14.7 Å². The van der Waals surface area contributed by atoms with Gasteiger partial charge in [0, 0.05) is 6.04 Å². The monoisotopic (exact) mass is 223 g/mol. The fourth-order valence-corrected chi connectivity index (χ4v) is 2.90. The van der Waals surface area contributed by atoms with Crippen LogP contribution in [-0.4, -0.2) is 23.0 Å². The maximum absolute atomic E-state index is 12.0. The van der Waals surface area contributed by atoms with Gasteiger partial charge in [-0.05, 0) is 32.1 Å². The number of amides is 1. The molecular formula is C12H17NO3. The third-order valence-electron chi connectivity index (χ3n) is 3.48. The SMILES string of the molecule is CC(C)NC(=O)[C@H]1[C@H](C(=O)O)[C@H]2C=C[C@H]1C2. The van der Waals surface area contributed by atoms with Crippen molar-refractivity contribution in [2.75, 3.05) is 0 Å². The number of hydrogen-bond donors (Lipinski definition) is 2. The Hall–Kier alpha value is -1.32. The molecule has 0 aromatic carbocycles. The Bertz CT molecular complexity index is 348. The third-order valence-corrected chi connectivity index (χ3v) is 3.48. The molecule has 0 aliphatic heterocycles. The molecule has 2 aliphatic rings. The largest absolute Gasteiger partial charge is 0.481 e. The van der Waals surface area contributed by atoms with Crippen LogP contribution in [0.3, 0.4) is 0 Å². The highest BCUT2D eigenvalue weighted by molar-refractivity contribution is 5.86. The van der Waals surface area contributed by atoms with Gasteiger partial charge < -0.3 is 10.4 Å². The first-order chi connectivity index (χ1) is 7.50. The van der Waals surface area contributed by atoms with Crippen LogP contribution < -0.4 is 5.32 Å². The van der Waals surface area contributed by atoms with E-state index in [4.69, 9.17) is 0 Å². The lowest BCUT2D eigenvalue weighted by molar-refractivity contribution is -0.147. The fraction of sp³-hybridized carbons (Fsp3) is 0.667. The van der Waals surface area contributed by atoms with E-state index in [9.17, 15) is 14.7 Å². The normalized spacial score (nSPS) is 35.7. The Morgan fingerprint density at radius 1 is 1.25 bits per heavy atom. The van der Waals surface area contributed by atoms with E-state index in [0.717, 1.165) is 6.42 Å². The molecule has 4 heteroatoms. The molecule has 2 rings (SSSR count). The molecule has 0 aromatic heterocycles. The van der Waals surface area contributed by atoms with Crippen LogP contribution in [0.15, 0.2) is 12.2 Å². The zero-order chi connectivity index (χ0) is 11.9. The Morgan fingerprint density at radius 2 is 1.81 bits per heavy atom. The minimum absolute atomic E-state index is 0.0467. The predicted octanol–water partition coefficient (Wildman–Crippen LogP) is 1.03. The van der Waals surface area contributed by atoms with Crippen molar-refractivity contribution in [2.24, 2.45) is 23.7 Å². The third kappa shape index (κ3) is 1.72. The smallest absolute Gasteiger partial charge is 0.307 e. The van der Waals surface area contributed by atoms with Gasteiger partial charge >= 0.3 is 5.97 Å². The summed E-state index contributed by atoms with van der Waals surface area (Å²) in [5.41, 5.74) is 0. The second-order valence-electron chi connectivity index (χ2n) is 5.00. The van der Waals surface area contributed by atoms with Gasteiger partial charge in [-0.3, -0.25) is 9.59 Å². The van der Waals surface area contributed by atoms with Gasteiger partial charge in [0.1, 0.15) is 0 Å². The number of carboxylic acid groups (broad SMARTS) is 1. The van der Waals surface area contributed by atoms with Gasteiger partial charge in [0.15, 0.2) is 0 Å². The zero-order valence-corrected chi connectivity index (χ0v) is 9.51. The number of rotatable bonds is 3. The molecule has 1 amide bonds. The number of carboxylic acids is 1. The first-order valence-corrected chi connectivity index (χ1v) is 5.72. The van der Waals surface area contributed by atoms with E-state index in [2.05, 4.69) is 5.32 Å². The van der Waals surface area contributed by atoms with Crippen molar-refractivity contribution in [3.05, 3.63) is 12.2 Å². The number of allylic oxidation sites excluding steroid dienone is 2. The molecule has 4 atom stereocenters. The summed E-state index contributed by atoms with van der Waals surface area (Å²) in [6.07, 6.45) is 4.75. The molecule has 0 unspecified atom stereocenters. The molecule has 2 aliphatic carbocycles. The number of nitrogens with one attached hydrogen (secondary N) is 1. The molecule has 2 bridgehead atoms. The van der Waals surface area contributed by atoms with Gasteiger partial charge in [-0.25, -0.2) is 0 Å². The second kappa shape index (κ2) is 3.92. The van der Waals surface area contributed by atoms with Crippen LogP contribution in [0.4, 0.5) is 0 Å². The predicted molar refractivity (Wildman–Crippen MR) is 58.6 cm³/mol. The lowest BCUT2D eigenvalue weighted by Crippen LogP contribution is -2.42. The van der Waals surface area contributed by atoms with Crippen LogP contribution in [-0.2, 0) is 9.59 Å². The van der Waals surface area contributed by atoms with Crippen molar-refractivity contribution in [3.63, 3.8) is 0 Å². The van der Waals surface area contributed by atoms with E-state index in [0.29, 0.717) is 0 Å². The maximum atomic E-state index is 12.0. The zero-order valence-electron chi connectivity index (χ0n) is 9.51. The van der Waals surface area contributed by atoms with E-state index in [1.165, 1.54) is 0 Å². The van der Waals surface area contributed by atoms with Crippen LogP contribution in [0.5, 0.6) is 0 Å². The molecule has 0 spiro atoms. The molecule has 88 valence electrons. The average molecular weight is 223 g/mol. The van der Waals surface area contributed by atoms with Crippen molar-refractivity contribution >= 4 is 11.9 Å². The van der Waals surface area contributed by atoms with Gasteiger partial charge in [0.2, 0.25) is 5.91 Å². The summed E-state index contributed by atoms with van der Waals surface area (Å²) in [5, 5.41) is 12.0. The molecule has 4 nitrogen and oxygen atoms in total. The number of aliphatic carboxylic acids is 1. The lowest BCUT2D eigenvalue weighted by atomic mass is 9.82. The minimum atomic E-state index is -0.847. The number of fused-ring (bicyclic) bond motifs is 2. The van der Waals surface area contributed by atoms with E-state index in [1.807, 2.05) is 26.0 Å². The molecule has 0 heterocycles.